The smallest absolute Gasteiger partial charge is 0.475 e. The van der Waals surface area contributed by atoms with Crippen molar-refractivity contribution in [3.8, 4) is 0 Å². The van der Waals surface area contributed by atoms with Crippen molar-refractivity contribution in [2.75, 3.05) is 31.1 Å². The van der Waals surface area contributed by atoms with Gasteiger partial charge < -0.3 is 19.3 Å². The lowest BCUT2D eigenvalue weighted by molar-refractivity contribution is -0.192. The van der Waals surface area contributed by atoms with E-state index in [1.807, 2.05) is 11.0 Å². The molecule has 2 aromatic heterocycles. The van der Waals surface area contributed by atoms with E-state index in [-0.39, 0.29) is 5.91 Å². The molecule has 0 spiro atoms. The van der Waals surface area contributed by atoms with E-state index in [2.05, 4.69) is 14.9 Å². The first kappa shape index (κ1) is 19.6. The maximum Gasteiger partial charge on any atom is 0.490 e. The Morgan fingerprint density at radius 3 is 2.14 bits per heavy atom. The number of halogens is 3. The summed E-state index contributed by atoms with van der Waals surface area (Å²) in [6, 6.07) is 3.55. The van der Waals surface area contributed by atoms with Crippen molar-refractivity contribution < 1.29 is 32.3 Å². The number of aromatic nitrogens is 2. The van der Waals surface area contributed by atoms with Gasteiger partial charge in [0.1, 0.15) is 6.26 Å². The standard InChI is InChI=1S/C15H16N4O2.C2HF3O2/c20-14(11-2-5-21-10-11)18-6-12-8-19(9-13(12)7-18)15-16-3-1-4-17-15;3-2(4,5)1(6)7/h1-5,10,12-13H,6-9H2;(H,6,7). The van der Waals surface area contributed by atoms with Crippen LogP contribution in [0.3, 0.4) is 0 Å². The quantitative estimate of drug-likeness (QED) is 0.825. The Labute approximate surface area is 157 Å². The fourth-order valence-corrected chi connectivity index (χ4v) is 3.35. The van der Waals surface area contributed by atoms with Gasteiger partial charge in [0.05, 0.1) is 11.8 Å². The number of carbonyl (C=O) groups is 2. The van der Waals surface area contributed by atoms with Crippen LogP contribution in [-0.2, 0) is 4.79 Å². The summed E-state index contributed by atoms with van der Waals surface area (Å²) in [6.45, 7) is 3.45. The second kappa shape index (κ2) is 7.87. The fraction of sp³-hybridized carbons (Fsp3) is 0.412. The largest absolute Gasteiger partial charge is 0.490 e. The number of fused-ring (bicyclic) bond motifs is 1. The van der Waals surface area contributed by atoms with Gasteiger partial charge >= 0.3 is 12.1 Å². The van der Waals surface area contributed by atoms with Crippen LogP contribution in [0.1, 0.15) is 10.4 Å². The van der Waals surface area contributed by atoms with Gasteiger partial charge in [-0.3, -0.25) is 4.79 Å². The summed E-state index contributed by atoms with van der Waals surface area (Å²) in [6.07, 6.45) is 1.51. The molecule has 2 aliphatic heterocycles. The average Bonchev–Trinajstić information content (AvgIpc) is 3.37. The number of carboxylic acid groups (broad SMARTS) is 1. The Hall–Kier alpha value is -3.11. The molecule has 0 saturated carbocycles. The van der Waals surface area contributed by atoms with Crippen LogP contribution in [0.2, 0.25) is 0 Å². The first-order valence-corrected chi connectivity index (χ1v) is 8.39. The Balaban J connectivity index is 0.000000279. The van der Waals surface area contributed by atoms with Crippen LogP contribution in [0.5, 0.6) is 0 Å². The topological polar surface area (TPSA) is 99.8 Å². The molecular formula is C17H17F3N4O4. The van der Waals surface area contributed by atoms with Gasteiger partial charge in [-0.2, -0.15) is 13.2 Å². The third-order valence-corrected chi connectivity index (χ3v) is 4.62. The zero-order valence-corrected chi connectivity index (χ0v) is 14.5. The number of hydrogen-bond acceptors (Lipinski definition) is 6. The second-order valence-electron chi connectivity index (χ2n) is 6.50. The first-order chi connectivity index (χ1) is 13.3. The summed E-state index contributed by atoms with van der Waals surface area (Å²) in [5.74, 6) is -0.887. The van der Waals surface area contributed by atoms with Crippen LogP contribution < -0.4 is 4.90 Å². The number of hydrogen-bond donors (Lipinski definition) is 1. The Bertz CT molecular complexity index is 800. The molecule has 2 atom stereocenters. The van der Waals surface area contributed by atoms with Crippen LogP contribution in [0.15, 0.2) is 41.5 Å². The molecule has 2 aliphatic rings. The summed E-state index contributed by atoms with van der Waals surface area (Å²) in [5.41, 5.74) is 0.637. The Morgan fingerprint density at radius 2 is 1.68 bits per heavy atom. The van der Waals surface area contributed by atoms with E-state index in [0.29, 0.717) is 17.4 Å². The molecule has 4 heterocycles. The van der Waals surface area contributed by atoms with Gasteiger partial charge in [0.25, 0.3) is 5.91 Å². The minimum absolute atomic E-state index is 0.0701. The molecule has 8 nitrogen and oxygen atoms in total. The number of amides is 1. The zero-order valence-electron chi connectivity index (χ0n) is 14.5. The van der Waals surface area contributed by atoms with Crippen molar-refractivity contribution in [1.82, 2.24) is 14.9 Å². The highest BCUT2D eigenvalue weighted by atomic mass is 19.4. The molecule has 0 radical (unpaired) electrons. The Kier molecular flexibility index (Phi) is 5.52. The molecule has 2 aromatic rings. The molecule has 0 bridgehead atoms. The lowest BCUT2D eigenvalue weighted by Crippen LogP contribution is -2.33. The maximum absolute atomic E-state index is 12.3. The van der Waals surface area contributed by atoms with E-state index in [1.54, 1.807) is 24.7 Å². The first-order valence-electron chi connectivity index (χ1n) is 8.39. The minimum Gasteiger partial charge on any atom is -0.475 e. The van der Waals surface area contributed by atoms with Crippen molar-refractivity contribution in [1.29, 1.82) is 0 Å². The molecule has 4 rings (SSSR count). The number of anilines is 1. The average molecular weight is 398 g/mol. The lowest BCUT2D eigenvalue weighted by atomic mass is 10.0. The lowest BCUT2D eigenvalue weighted by Gasteiger charge is -2.21. The molecule has 2 saturated heterocycles. The van der Waals surface area contributed by atoms with E-state index >= 15 is 0 Å². The van der Waals surface area contributed by atoms with E-state index < -0.39 is 12.1 Å². The van der Waals surface area contributed by atoms with E-state index in [4.69, 9.17) is 14.3 Å². The molecular weight excluding hydrogens is 381 g/mol. The molecule has 1 amide bonds. The molecule has 28 heavy (non-hydrogen) atoms. The van der Waals surface area contributed by atoms with Crippen LogP contribution in [0.25, 0.3) is 0 Å². The van der Waals surface area contributed by atoms with Gasteiger partial charge in [0.2, 0.25) is 5.95 Å². The number of furan rings is 1. The van der Waals surface area contributed by atoms with Crippen molar-refractivity contribution >= 4 is 17.8 Å². The monoisotopic (exact) mass is 398 g/mol. The molecule has 2 unspecified atom stereocenters. The minimum atomic E-state index is -5.08. The zero-order chi connectivity index (χ0) is 20.3. The molecule has 2 fully saturated rings. The van der Waals surface area contributed by atoms with Crippen molar-refractivity contribution in [2.45, 2.75) is 6.18 Å². The fourth-order valence-electron chi connectivity index (χ4n) is 3.35. The molecule has 0 aromatic carbocycles. The van der Waals surface area contributed by atoms with Crippen molar-refractivity contribution in [2.24, 2.45) is 11.8 Å². The van der Waals surface area contributed by atoms with E-state index in [0.717, 1.165) is 32.1 Å². The van der Waals surface area contributed by atoms with Gasteiger partial charge in [-0.25, -0.2) is 14.8 Å². The highest BCUT2D eigenvalue weighted by Crippen LogP contribution is 2.33. The number of alkyl halides is 3. The number of carboxylic acids is 1. The van der Waals surface area contributed by atoms with Crippen molar-refractivity contribution in [3.05, 3.63) is 42.6 Å². The van der Waals surface area contributed by atoms with Gasteiger partial charge in [-0.1, -0.05) is 0 Å². The van der Waals surface area contributed by atoms with Gasteiger partial charge in [0.15, 0.2) is 0 Å². The summed E-state index contributed by atoms with van der Waals surface area (Å²) in [4.78, 5) is 34.0. The number of nitrogens with zero attached hydrogens (tertiary/aromatic N) is 4. The number of aliphatic carboxylic acids is 1. The summed E-state index contributed by atoms with van der Waals surface area (Å²) in [5, 5.41) is 7.12. The van der Waals surface area contributed by atoms with Gasteiger partial charge in [-0.05, 0) is 12.1 Å². The third kappa shape index (κ3) is 4.41. The third-order valence-electron chi connectivity index (χ3n) is 4.62. The summed E-state index contributed by atoms with van der Waals surface area (Å²) in [7, 11) is 0. The molecule has 0 aliphatic carbocycles. The molecule has 11 heteroatoms. The number of rotatable bonds is 2. The summed E-state index contributed by atoms with van der Waals surface area (Å²) < 4.78 is 36.7. The van der Waals surface area contributed by atoms with E-state index in [9.17, 15) is 18.0 Å². The van der Waals surface area contributed by atoms with Crippen LogP contribution >= 0.6 is 0 Å². The summed E-state index contributed by atoms with van der Waals surface area (Å²) >= 11 is 0. The van der Waals surface area contributed by atoms with Gasteiger partial charge in [0, 0.05) is 50.4 Å². The second-order valence-corrected chi connectivity index (χ2v) is 6.50. The van der Waals surface area contributed by atoms with Crippen LogP contribution in [0.4, 0.5) is 19.1 Å². The van der Waals surface area contributed by atoms with E-state index in [1.165, 1.54) is 6.26 Å². The van der Waals surface area contributed by atoms with Gasteiger partial charge in [-0.15, -0.1) is 0 Å². The maximum atomic E-state index is 12.3. The highest BCUT2D eigenvalue weighted by Gasteiger charge is 2.42. The normalized spacial score (nSPS) is 21.1. The predicted molar refractivity (Wildman–Crippen MR) is 89.5 cm³/mol. The number of likely N-dealkylation sites (tertiary alicyclic amines) is 1. The number of carbonyl (C=O) groups excluding carboxylic acids is 1. The van der Waals surface area contributed by atoms with Crippen molar-refractivity contribution in [3.63, 3.8) is 0 Å². The van der Waals surface area contributed by atoms with Crippen LogP contribution in [-0.4, -0.2) is 64.2 Å². The SMILES string of the molecule is O=C(O)C(F)(F)F.O=C(c1ccoc1)N1CC2CN(c3ncccn3)CC2C1. The predicted octanol–water partition coefficient (Wildman–Crippen LogP) is 1.91. The Morgan fingerprint density at radius 1 is 1.11 bits per heavy atom. The van der Waals surface area contributed by atoms with Crippen LogP contribution in [0, 0.1) is 11.8 Å². The highest BCUT2D eigenvalue weighted by molar-refractivity contribution is 5.94. The molecule has 150 valence electrons. The molecule has 1 N–H and O–H groups in total.